The molecule has 23 heavy (non-hydrogen) atoms. The highest BCUT2D eigenvalue weighted by Gasteiger charge is 2.55. The van der Waals surface area contributed by atoms with Crippen LogP contribution in [-0.4, -0.2) is 47.1 Å². The lowest BCUT2D eigenvalue weighted by Crippen LogP contribution is -2.31. The summed E-state index contributed by atoms with van der Waals surface area (Å²) in [5.41, 5.74) is 0.604. The topological polar surface area (TPSA) is 82.1 Å². The highest BCUT2D eigenvalue weighted by Crippen LogP contribution is 2.40. The molecule has 1 aromatic rings. The van der Waals surface area contributed by atoms with Crippen molar-refractivity contribution in [2.45, 2.75) is 56.9 Å². The second kappa shape index (κ2) is 6.03. The van der Waals surface area contributed by atoms with Gasteiger partial charge in [-0.15, -0.1) is 0 Å². The summed E-state index contributed by atoms with van der Waals surface area (Å²) in [6, 6.07) is 8.95. The summed E-state index contributed by atoms with van der Waals surface area (Å²) in [6.45, 7) is 3.55. The lowest BCUT2D eigenvalue weighted by atomic mass is 10.00. The molecule has 0 spiro atoms. The zero-order chi connectivity index (χ0) is 16.6. The second-order valence-corrected chi connectivity index (χ2v) is 6.37. The predicted molar refractivity (Wildman–Crippen MR) is 80.1 cm³/mol. The summed E-state index contributed by atoms with van der Waals surface area (Å²) in [6.07, 6.45) is -2.03. The molecule has 2 saturated heterocycles. The number of ether oxygens (including phenoxy) is 3. The third kappa shape index (κ3) is 3.44. The molecule has 124 valence electrons. The summed E-state index contributed by atoms with van der Waals surface area (Å²) >= 11 is 0. The zero-order valence-electron chi connectivity index (χ0n) is 13.1. The van der Waals surface area contributed by atoms with Crippen LogP contribution in [0.1, 0.15) is 37.0 Å². The van der Waals surface area contributed by atoms with E-state index in [-0.39, 0.29) is 18.6 Å². The quantitative estimate of drug-likeness (QED) is 0.836. The first-order chi connectivity index (χ1) is 10.9. The van der Waals surface area contributed by atoms with E-state index in [2.05, 4.69) is 0 Å². The van der Waals surface area contributed by atoms with Gasteiger partial charge < -0.3 is 19.3 Å². The minimum Gasteiger partial charge on any atom is -0.481 e. The largest absolute Gasteiger partial charge is 0.481 e. The van der Waals surface area contributed by atoms with Gasteiger partial charge in [0.2, 0.25) is 0 Å². The highest BCUT2D eigenvalue weighted by atomic mass is 16.8. The molecule has 4 atom stereocenters. The van der Waals surface area contributed by atoms with Crippen LogP contribution in [0.2, 0.25) is 0 Å². The van der Waals surface area contributed by atoms with Gasteiger partial charge in [0.05, 0.1) is 18.6 Å². The van der Waals surface area contributed by atoms with Gasteiger partial charge in [0.15, 0.2) is 11.6 Å². The molecule has 0 saturated carbocycles. The zero-order valence-corrected chi connectivity index (χ0v) is 13.1. The molecule has 6 heteroatoms. The first-order valence-corrected chi connectivity index (χ1v) is 7.67. The number of Topliss-reactive ketones (excluding diaryl/α,β-unsaturated/α-hetero) is 1. The Morgan fingerprint density at radius 1 is 1.04 bits per heavy atom. The maximum absolute atomic E-state index is 12.4. The van der Waals surface area contributed by atoms with Gasteiger partial charge in [0, 0.05) is 12.0 Å². The van der Waals surface area contributed by atoms with Crippen LogP contribution < -0.4 is 0 Å². The number of rotatable bonds is 5. The number of hydrogen-bond donors (Lipinski definition) is 1. The van der Waals surface area contributed by atoms with E-state index in [4.69, 9.17) is 19.3 Å². The third-order valence-electron chi connectivity index (χ3n) is 4.10. The van der Waals surface area contributed by atoms with Crippen LogP contribution >= 0.6 is 0 Å². The Labute approximate surface area is 134 Å². The van der Waals surface area contributed by atoms with Crippen molar-refractivity contribution in [3.8, 4) is 0 Å². The first kappa shape index (κ1) is 16.1. The average Bonchev–Trinajstić information content (AvgIpc) is 2.95. The fourth-order valence-electron chi connectivity index (χ4n) is 3.20. The monoisotopic (exact) mass is 320 g/mol. The van der Waals surface area contributed by atoms with Gasteiger partial charge in [-0.1, -0.05) is 30.3 Å². The van der Waals surface area contributed by atoms with E-state index in [0.717, 1.165) is 0 Å². The Bertz CT molecular complexity index is 596. The van der Waals surface area contributed by atoms with Crippen LogP contribution in [0.15, 0.2) is 30.3 Å². The average molecular weight is 320 g/mol. The van der Waals surface area contributed by atoms with Crippen LogP contribution in [0, 0.1) is 0 Å². The molecule has 0 aromatic heterocycles. The Balaban J connectivity index is 1.74. The minimum atomic E-state index is -0.961. The van der Waals surface area contributed by atoms with Gasteiger partial charge in [-0.25, -0.2) is 0 Å². The predicted octanol–water partition coefficient (Wildman–Crippen LogP) is 2.02. The Morgan fingerprint density at radius 3 is 2.17 bits per heavy atom. The number of aliphatic carboxylic acids is 1. The van der Waals surface area contributed by atoms with Crippen LogP contribution in [0.25, 0.3) is 0 Å². The van der Waals surface area contributed by atoms with Crippen molar-refractivity contribution >= 4 is 11.8 Å². The number of carboxylic acids is 1. The van der Waals surface area contributed by atoms with Crippen molar-refractivity contribution in [2.24, 2.45) is 0 Å². The van der Waals surface area contributed by atoms with Crippen molar-refractivity contribution in [2.75, 3.05) is 0 Å². The molecule has 2 heterocycles. The number of carbonyl (C=O) groups excluding carboxylic acids is 1. The molecule has 6 nitrogen and oxygen atoms in total. The minimum absolute atomic E-state index is 0.0568. The van der Waals surface area contributed by atoms with Crippen molar-refractivity contribution in [3.05, 3.63) is 35.9 Å². The molecule has 0 amide bonds. The van der Waals surface area contributed by atoms with E-state index in [1.54, 1.807) is 38.1 Å². The van der Waals surface area contributed by atoms with E-state index < -0.39 is 36.2 Å². The number of hydrogen-bond acceptors (Lipinski definition) is 5. The van der Waals surface area contributed by atoms with E-state index in [9.17, 15) is 9.59 Å². The molecule has 1 aromatic carbocycles. The normalized spacial score (nSPS) is 31.7. The molecular formula is C17H20O6. The molecule has 0 radical (unpaired) electrons. The van der Waals surface area contributed by atoms with Crippen LogP contribution in [0.3, 0.4) is 0 Å². The first-order valence-electron chi connectivity index (χ1n) is 7.67. The van der Waals surface area contributed by atoms with Crippen molar-refractivity contribution in [1.29, 1.82) is 0 Å². The molecule has 1 unspecified atom stereocenters. The number of ketones is 1. The van der Waals surface area contributed by atoms with Crippen molar-refractivity contribution in [3.63, 3.8) is 0 Å². The summed E-state index contributed by atoms with van der Waals surface area (Å²) in [5, 5.41) is 9.03. The molecule has 0 bridgehead atoms. The number of carbonyl (C=O) groups is 2. The SMILES string of the molecule is CC1(C)O[C@@H]2[C@@H](CC(=O)c3ccccc3)OC(CC(=O)O)[C@@H]2O1. The Morgan fingerprint density at radius 2 is 1.61 bits per heavy atom. The standard InChI is InChI=1S/C17H20O6/c1-17(2)22-15-12(8-11(18)10-6-4-3-5-7-10)21-13(9-14(19)20)16(15)23-17/h3-7,12-13,15-16H,8-9H2,1-2H3,(H,19,20)/t12-,13?,15-,16+/m1/s1. The maximum atomic E-state index is 12.4. The van der Waals surface area contributed by atoms with E-state index >= 15 is 0 Å². The van der Waals surface area contributed by atoms with Gasteiger partial charge in [-0.05, 0) is 13.8 Å². The van der Waals surface area contributed by atoms with Crippen LogP contribution in [0.5, 0.6) is 0 Å². The van der Waals surface area contributed by atoms with E-state index in [0.29, 0.717) is 5.56 Å². The lowest BCUT2D eigenvalue weighted by molar-refractivity contribution is -0.188. The summed E-state index contributed by atoms with van der Waals surface area (Å²) in [7, 11) is 0. The fourth-order valence-corrected chi connectivity index (χ4v) is 3.20. The van der Waals surface area contributed by atoms with Crippen molar-refractivity contribution in [1.82, 2.24) is 0 Å². The smallest absolute Gasteiger partial charge is 0.306 e. The lowest BCUT2D eigenvalue weighted by Gasteiger charge is -2.23. The molecule has 2 aliphatic rings. The summed E-state index contributed by atoms with van der Waals surface area (Å²) < 4.78 is 17.4. The molecular weight excluding hydrogens is 300 g/mol. The summed E-state index contributed by atoms with van der Waals surface area (Å²) in [4.78, 5) is 23.4. The van der Waals surface area contributed by atoms with Gasteiger partial charge >= 0.3 is 5.97 Å². The van der Waals surface area contributed by atoms with Gasteiger partial charge in [-0.3, -0.25) is 9.59 Å². The third-order valence-corrected chi connectivity index (χ3v) is 4.10. The number of fused-ring (bicyclic) bond motifs is 1. The highest BCUT2D eigenvalue weighted by molar-refractivity contribution is 5.96. The van der Waals surface area contributed by atoms with Gasteiger partial charge in [-0.2, -0.15) is 0 Å². The van der Waals surface area contributed by atoms with Gasteiger partial charge in [0.25, 0.3) is 0 Å². The maximum Gasteiger partial charge on any atom is 0.306 e. The second-order valence-electron chi connectivity index (χ2n) is 6.37. The molecule has 1 N–H and O–H groups in total. The van der Waals surface area contributed by atoms with Gasteiger partial charge in [0.1, 0.15) is 12.2 Å². The molecule has 0 aliphatic carbocycles. The van der Waals surface area contributed by atoms with Crippen LogP contribution in [0.4, 0.5) is 0 Å². The van der Waals surface area contributed by atoms with Crippen molar-refractivity contribution < 1.29 is 28.9 Å². The molecule has 2 fully saturated rings. The van der Waals surface area contributed by atoms with E-state index in [1.165, 1.54) is 0 Å². The Hall–Kier alpha value is -1.76. The fraction of sp³-hybridized carbons (Fsp3) is 0.529. The van der Waals surface area contributed by atoms with E-state index in [1.807, 2.05) is 6.07 Å². The molecule has 3 rings (SSSR count). The summed E-state index contributed by atoms with van der Waals surface area (Å²) in [5.74, 6) is -1.82. The number of carboxylic acid groups (broad SMARTS) is 1. The Kier molecular flexibility index (Phi) is 4.23. The molecule has 2 aliphatic heterocycles. The van der Waals surface area contributed by atoms with Crippen LogP contribution in [-0.2, 0) is 19.0 Å². The number of benzene rings is 1.